The molecule has 0 aliphatic carbocycles. The van der Waals surface area contributed by atoms with E-state index in [0.29, 0.717) is 15.6 Å². The maximum Gasteiger partial charge on any atom is 0.258 e. The van der Waals surface area contributed by atoms with Crippen LogP contribution in [-0.2, 0) is 0 Å². The van der Waals surface area contributed by atoms with E-state index in [1.165, 1.54) is 0 Å². The maximum atomic E-state index is 5.83. The molecule has 0 aliphatic rings. The molecular weight excluding hydrogens is 267 g/mol. The Kier molecular flexibility index (Phi) is 2.56. The normalized spacial score (nSPS) is 10.5. The van der Waals surface area contributed by atoms with E-state index >= 15 is 0 Å². The summed E-state index contributed by atoms with van der Waals surface area (Å²) < 4.78 is 5.47. The van der Waals surface area contributed by atoms with Crippen LogP contribution in [0.15, 0.2) is 27.5 Å². The molecule has 2 rings (SSSR count). The molecule has 72 valence electrons. The van der Waals surface area contributed by atoms with E-state index in [0.717, 1.165) is 11.1 Å². The van der Waals surface area contributed by atoms with Gasteiger partial charge in [0.05, 0.1) is 0 Å². The first-order valence-electron chi connectivity index (χ1n) is 3.92. The van der Waals surface area contributed by atoms with Crippen LogP contribution in [0.4, 0.5) is 0 Å². The van der Waals surface area contributed by atoms with Gasteiger partial charge in [-0.2, -0.15) is 4.98 Å². The average Bonchev–Trinajstić information content (AvgIpc) is 2.51. The monoisotopic (exact) mass is 272 g/mol. The van der Waals surface area contributed by atoms with Crippen molar-refractivity contribution in [3.63, 3.8) is 0 Å². The summed E-state index contributed by atoms with van der Waals surface area (Å²) in [7, 11) is 0. The molecule has 0 N–H and O–H groups in total. The summed E-state index contributed by atoms with van der Waals surface area (Å²) >= 11 is 8.96. The van der Waals surface area contributed by atoms with Gasteiger partial charge in [-0.05, 0) is 51.8 Å². The van der Waals surface area contributed by atoms with Crippen molar-refractivity contribution < 1.29 is 4.52 Å². The Bertz CT molecular complexity index is 470. The highest BCUT2D eigenvalue weighted by molar-refractivity contribution is 9.10. The Hall–Kier alpha value is -0.870. The minimum Gasteiger partial charge on any atom is -0.333 e. The van der Waals surface area contributed by atoms with Crippen molar-refractivity contribution in [3.8, 4) is 11.5 Å². The van der Waals surface area contributed by atoms with Crippen LogP contribution in [0.2, 0.25) is 5.02 Å². The largest absolute Gasteiger partial charge is 0.333 e. The molecule has 1 heterocycles. The lowest BCUT2D eigenvalue weighted by atomic mass is 10.1. The van der Waals surface area contributed by atoms with Crippen LogP contribution >= 0.6 is 27.5 Å². The fraction of sp³-hybridized carbons (Fsp3) is 0.111. The third-order valence-corrected chi connectivity index (χ3v) is 2.38. The molecule has 0 saturated heterocycles. The molecule has 3 nitrogen and oxygen atoms in total. The fourth-order valence-electron chi connectivity index (χ4n) is 1.18. The second kappa shape index (κ2) is 3.71. The van der Waals surface area contributed by atoms with Crippen molar-refractivity contribution in [3.05, 3.63) is 33.5 Å². The number of aryl methyl sites for hydroxylation is 1. The van der Waals surface area contributed by atoms with Crippen molar-refractivity contribution in [2.75, 3.05) is 0 Å². The fourth-order valence-corrected chi connectivity index (χ4v) is 1.64. The van der Waals surface area contributed by atoms with Crippen LogP contribution < -0.4 is 0 Å². The Morgan fingerprint density at radius 3 is 2.79 bits per heavy atom. The summed E-state index contributed by atoms with van der Waals surface area (Å²) in [5.41, 5.74) is 1.90. The van der Waals surface area contributed by atoms with Gasteiger partial charge in [0.15, 0.2) is 0 Å². The van der Waals surface area contributed by atoms with Gasteiger partial charge in [0.25, 0.3) is 5.89 Å². The summed E-state index contributed by atoms with van der Waals surface area (Å²) in [6, 6.07) is 5.51. The molecule has 5 heteroatoms. The SMILES string of the molecule is Cc1cc(Cl)ccc1-c1nc(Br)no1. The third-order valence-electron chi connectivity index (χ3n) is 1.82. The Balaban J connectivity index is 2.52. The van der Waals surface area contributed by atoms with Gasteiger partial charge in [-0.25, -0.2) is 0 Å². The van der Waals surface area contributed by atoms with E-state index in [4.69, 9.17) is 16.1 Å². The minimum absolute atomic E-state index is 0.446. The molecule has 0 aliphatic heterocycles. The van der Waals surface area contributed by atoms with Crippen LogP contribution in [0.5, 0.6) is 0 Å². The van der Waals surface area contributed by atoms with Gasteiger partial charge in [0.2, 0.25) is 4.73 Å². The van der Waals surface area contributed by atoms with E-state index in [1.807, 2.05) is 19.1 Å². The number of rotatable bonds is 1. The zero-order chi connectivity index (χ0) is 10.1. The van der Waals surface area contributed by atoms with E-state index < -0.39 is 0 Å². The minimum atomic E-state index is 0.446. The average molecular weight is 274 g/mol. The number of hydrogen-bond donors (Lipinski definition) is 0. The van der Waals surface area contributed by atoms with Crippen LogP contribution in [-0.4, -0.2) is 10.1 Å². The van der Waals surface area contributed by atoms with Crippen molar-refractivity contribution in [2.45, 2.75) is 6.92 Å². The first-order chi connectivity index (χ1) is 6.66. The topological polar surface area (TPSA) is 38.9 Å². The van der Waals surface area contributed by atoms with E-state index in [2.05, 4.69) is 26.1 Å². The molecule has 1 aromatic heterocycles. The van der Waals surface area contributed by atoms with Crippen molar-refractivity contribution >= 4 is 27.5 Å². The van der Waals surface area contributed by atoms with Crippen molar-refractivity contribution in [2.24, 2.45) is 0 Å². The number of halogens is 2. The van der Waals surface area contributed by atoms with Crippen molar-refractivity contribution in [1.82, 2.24) is 10.1 Å². The molecule has 0 spiro atoms. The van der Waals surface area contributed by atoms with Gasteiger partial charge in [-0.3, -0.25) is 0 Å². The molecule has 0 atom stereocenters. The molecular formula is C9H6BrClN2O. The molecule has 14 heavy (non-hydrogen) atoms. The molecule has 2 aromatic rings. The Morgan fingerprint density at radius 2 is 2.21 bits per heavy atom. The Labute approximate surface area is 94.2 Å². The predicted molar refractivity (Wildman–Crippen MR) is 57.2 cm³/mol. The molecule has 0 bridgehead atoms. The summed E-state index contributed by atoms with van der Waals surface area (Å²) in [4.78, 5) is 4.07. The highest BCUT2D eigenvalue weighted by Crippen LogP contribution is 2.25. The standard InChI is InChI=1S/C9H6BrClN2O/c1-5-4-6(11)2-3-7(5)8-12-9(10)13-14-8/h2-4H,1H3. The van der Waals surface area contributed by atoms with Gasteiger partial charge in [-0.1, -0.05) is 11.6 Å². The summed E-state index contributed by atoms with van der Waals surface area (Å²) in [6.07, 6.45) is 0. The van der Waals surface area contributed by atoms with Crippen LogP contribution in [0.3, 0.4) is 0 Å². The zero-order valence-electron chi connectivity index (χ0n) is 7.29. The van der Waals surface area contributed by atoms with E-state index in [1.54, 1.807) is 6.07 Å². The molecule has 0 fully saturated rings. The predicted octanol–water partition coefficient (Wildman–Crippen LogP) is 3.46. The summed E-state index contributed by atoms with van der Waals surface area (Å²) in [5, 5.41) is 4.35. The zero-order valence-corrected chi connectivity index (χ0v) is 9.63. The van der Waals surface area contributed by atoms with Gasteiger partial charge >= 0.3 is 0 Å². The summed E-state index contributed by atoms with van der Waals surface area (Å²) in [6.45, 7) is 1.94. The number of nitrogens with zero attached hydrogens (tertiary/aromatic N) is 2. The van der Waals surface area contributed by atoms with Crippen LogP contribution in [0, 0.1) is 6.92 Å². The van der Waals surface area contributed by atoms with Gasteiger partial charge in [0, 0.05) is 10.6 Å². The second-order valence-corrected chi connectivity index (χ2v) is 3.97. The third kappa shape index (κ3) is 1.81. The smallest absolute Gasteiger partial charge is 0.258 e. The molecule has 0 radical (unpaired) electrons. The Morgan fingerprint density at radius 1 is 1.43 bits per heavy atom. The number of benzene rings is 1. The number of aromatic nitrogens is 2. The molecule has 0 unspecified atom stereocenters. The van der Waals surface area contributed by atoms with Gasteiger partial charge in [0.1, 0.15) is 0 Å². The van der Waals surface area contributed by atoms with E-state index in [-0.39, 0.29) is 0 Å². The highest BCUT2D eigenvalue weighted by Gasteiger charge is 2.09. The highest BCUT2D eigenvalue weighted by atomic mass is 79.9. The number of hydrogen-bond acceptors (Lipinski definition) is 3. The maximum absolute atomic E-state index is 5.83. The van der Waals surface area contributed by atoms with Crippen LogP contribution in [0.1, 0.15) is 5.56 Å². The van der Waals surface area contributed by atoms with Crippen LogP contribution in [0.25, 0.3) is 11.5 Å². The molecule has 0 saturated carbocycles. The van der Waals surface area contributed by atoms with Gasteiger partial charge in [-0.15, -0.1) is 0 Å². The lowest BCUT2D eigenvalue weighted by molar-refractivity contribution is 0.426. The first-order valence-corrected chi connectivity index (χ1v) is 5.09. The van der Waals surface area contributed by atoms with E-state index in [9.17, 15) is 0 Å². The molecule has 0 amide bonds. The van der Waals surface area contributed by atoms with Gasteiger partial charge < -0.3 is 4.52 Å². The lowest BCUT2D eigenvalue weighted by Crippen LogP contribution is -1.82. The molecule has 1 aromatic carbocycles. The first kappa shape index (κ1) is 9.68. The van der Waals surface area contributed by atoms with Crippen molar-refractivity contribution in [1.29, 1.82) is 0 Å². The second-order valence-electron chi connectivity index (χ2n) is 2.83. The quantitative estimate of drug-likeness (QED) is 0.798. The summed E-state index contributed by atoms with van der Waals surface area (Å²) in [5.74, 6) is 0.492. The lowest BCUT2D eigenvalue weighted by Gasteiger charge is -1.99.